The minimum atomic E-state index is 0.265. The maximum atomic E-state index is 5.84. The Labute approximate surface area is 114 Å². The van der Waals surface area contributed by atoms with Crippen LogP contribution in [0, 0.1) is 0 Å². The van der Waals surface area contributed by atoms with E-state index in [1.54, 1.807) is 0 Å². The second-order valence-electron chi connectivity index (χ2n) is 5.64. The highest BCUT2D eigenvalue weighted by atomic mass is 16.5. The highest BCUT2D eigenvalue weighted by molar-refractivity contribution is 5.18. The number of hydrogen-bond donors (Lipinski definition) is 1. The molecule has 3 rings (SSSR count). The lowest BCUT2D eigenvalue weighted by Crippen LogP contribution is -2.17. The summed E-state index contributed by atoms with van der Waals surface area (Å²) in [7, 11) is 0. The molecule has 0 aromatic carbocycles. The molecular formula is C14H22N4O. The highest BCUT2D eigenvalue weighted by Gasteiger charge is 2.22. The van der Waals surface area contributed by atoms with Crippen LogP contribution in [0.1, 0.15) is 62.5 Å². The summed E-state index contributed by atoms with van der Waals surface area (Å²) in [5, 5.41) is 0. The summed E-state index contributed by atoms with van der Waals surface area (Å²) in [6.45, 7) is 0.862. The second-order valence-corrected chi connectivity index (χ2v) is 5.64. The van der Waals surface area contributed by atoms with Gasteiger partial charge in [0.2, 0.25) is 5.95 Å². The Kier molecular flexibility index (Phi) is 3.92. The van der Waals surface area contributed by atoms with Gasteiger partial charge in [0.1, 0.15) is 11.6 Å². The molecule has 0 amide bonds. The van der Waals surface area contributed by atoms with Crippen molar-refractivity contribution in [3.63, 3.8) is 0 Å². The number of nitrogens with zero attached hydrogens (tertiary/aromatic N) is 3. The molecule has 1 aliphatic heterocycles. The summed E-state index contributed by atoms with van der Waals surface area (Å²) in [4.78, 5) is 13.3. The van der Waals surface area contributed by atoms with Gasteiger partial charge in [0.25, 0.3) is 0 Å². The topological polar surface area (TPSA) is 73.9 Å². The number of anilines is 1. The van der Waals surface area contributed by atoms with E-state index in [1.165, 1.54) is 32.1 Å². The van der Waals surface area contributed by atoms with Crippen LogP contribution in [0.4, 0.5) is 5.95 Å². The van der Waals surface area contributed by atoms with Crippen molar-refractivity contribution in [3.8, 4) is 0 Å². The first-order valence-corrected chi connectivity index (χ1v) is 7.43. The van der Waals surface area contributed by atoms with Crippen molar-refractivity contribution in [2.24, 2.45) is 0 Å². The third kappa shape index (κ3) is 3.21. The number of nitrogen functional groups attached to an aromatic ring is 1. The van der Waals surface area contributed by atoms with Crippen molar-refractivity contribution < 1.29 is 4.74 Å². The fraction of sp³-hybridized carbons (Fsp3) is 0.786. The Morgan fingerprint density at radius 3 is 2.58 bits per heavy atom. The summed E-state index contributed by atoms with van der Waals surface area (Å²) in [6.07, 6.45) is 9.53. The van der Waals surface area contributed by atoms with Crippen LogP contribution in [-0.4, -0.2) is 27.7 Å². The van der Waals surface area contributed by atoms with Crippen molar-refractivity contribution in [2.45, 2.75) is 63.4 Å². The fourth-order valence-corrected chi connectivity index (χ4v) is 3.10. The molecule has 1 unspecified atom stereocenters. The van der Waals surface area contributed by atoms with E-state index in [9.17, 15) is 0 Å². The number of aromatic nitrogens is 3. The average molecular weight is 262 g/mol. The minimum absolute atomic E-state index is 0.265. The molecule has 5 nitrogen and oxygen atoms in total. The van der Waals surface area contributed by atoms with Gasteiger partial charge in [-0.25, -0.2) is 4.98 Å². The first-order valence-electron chi connectivity index (χ1n) is 7.43. The zero-order chi connectivity index (χ0) is 13.1. The first kappa shape index (κ1) is 12.8. The summed E-state index contributed by atoms with van der Waals surface area (Å²) >= 11 is 0. The van der Waals surface area contributed by atoms with Crippen molar-refractivity contribution in [3.05, 3.63) is 11.6 Å². The van der Waals surface area contributed by atoms with Gasteiger partial charge in [-0.05, 0) is 25.7 Å². The number of nitrogens with two attached hydrogens (primary N) is 1. The van der Waals surface area contributed by atoms with Crippen LogP contribution in [0.15, 0.2) is 0 Å². The third-order valence-electron chi connectivity index (χ3n) is 4.12. The Hall–Kier alpha value is -1.23. The summed E-state index contributed by atoms with van der Waals surface area (Å²) in [5.41, 5.74) is 5.84. The van der Waals surface area contributed by atoms with Gasteiger partial charge in [0.05, 0.1) is 6.10 Å². The number of hydrogen-bond acceptors (Lipinski definition) is 5. The predicted octanol–water partition coefficient (Wildman–Crippen LogP) is 2.22. The molecule has 1 saturated carbocycles. The van der Waals surface area contributed by atoms with Crippen molar-refractivity contribution in [1.82, 2.24) is 15.0 Å². The van der Waals surface area contributed by atoms with E-state index in [0.717, 1.165) is 37.5 Å². The molecule has 1 saturated heterocycles. The smallest absolute Gasteiger partial charge is 0.223 e. The monoisotopic (exact) mass is 262 g/mol. The maximum absolute atomic E-state index is 5.84. The van der Waals surface area contributed by atoms with Gasteiger partial charge in [0.15, 0.2) is 0 Å². The molecule has 2 fully saturated rings. The van der Waals surface area contributed by atoms with Crippen molar-refractivity contribution >= 4 is 5.95 Å². The Morgan fingerprint density at radius 1 is 1.00 bits per heavy atom. The Balaban J connectivity index is 1.74. The fourth-order valence-electron chi connectivity index (χ4n) is 3.10. The molecule has 1 aromatic rings. The van der Waals surface area contributed by atoms with Crippen LogP contribution in [0.3, 0.4) is 0 Å². The first-order chi connectivity index (χ1) is 9.31. The molecule has 104 valence electrons. The van der Waals surface area contributed by atoms with E-state index in [1.807, 2.05) is 0 Å². The third-order valence-corrected chi connectivity index (χ3v) is 4.12. The molecule has 2 N–H and O–H groups in total. The van der Waals surface area contributed by atoms with Crippen LogP contribution < -0.4 is 5.73 Å². The molecule has 2 aliphatic rings. The molecule has 5 heteroatoms. The molecule has 19 heavy (non-hydrogen) atoms. The van der Waals surface area contributed by atoms with Crippen LogP contribution in [0.5, 0.6) is 0 Å². The minimum Gasteiger partial charge on any atom is -0.378 e. The summed E-state index contributed by atoms with van der Waals surface area (Å²) < 4.78 is 5.64. The molecule has 1 aliphatic carbocycles. The SMILES string of the molecule is Nc1nc(CC2CCCO2)nc(C2CCCCC2)n1. The van der Waals surface area contributed by atoms with E-state index in [0.29, 0.717) is 11.9 Å². The van der Waals surface area contributed by atoms with Crippen LogP contribution in [0.25, 0.3) is 0 Å². The Morgan fingerprint density at radius 2 is 1.84 bits per heavy atom. The second kappa shape index (κ2) is 5.82. The standard InChI is InChI=1S/C14H22N4O/c15-14-17-12(9-11-7-4-8-19-11)16-13(18-14)10-5-2-1-3-6-10/h10-11H,1-9H2,(H2,15,16,17,18). The Bertz CT molecular complexity index is 425. The van der Waals surface area contributed by atoms with Gasteiger partial charge in [-0.2, -0.15) is 9.97 Å². The lowest BCUT2D eigenvalue weighted by molar-refractivity contribution is 0.109. The maximum Gasteiger partial charge on any atom is 0.223 e. The van der Waals surface area contributed by atoms with Gasteiger partial charge >= 0.3 is 0 Å². The predicted molar refractivity (Wildman–Crippen MR) is 72.7 cm³/mol. The molecule has 0 bridgehead atoms. The zero-order valence-electron chi connectivity index (χ0n) is 11.3. The molecule has 0 radical (unpaired) electrons. The largest absolute Gasteiger partial charge is 0.378 e. The van der Waals surface area contributed by atoms with Crippen LogP contribution in [0.2, 0.25) is 0 Å². The molecule has 1 atom stereocenters. The lowest BCUT2D eigenvalue weighted by atomic mass is 9.89. The average Bonchev–Trinajstić information content (AvgIpc) is 2.92. The van der Waals surface area contributed by atoms with Crippen LogP contribution >= 0.6 is 0 Å². The zero-order valence-corrected chi connectivity index (χ0v) is 11.3. The lowest BCUT2D eigenvalue weighted by Gasteiger charge is -2.20. The number of ether oxygens (including phenoxy) is 1. The van der Waals surface area contributed by atoms with Crippen molar-refractivity contribution in [2.75, 3.05) is 12.3 Å². The number of rotatable bonds is 3. The van der Waals surface area contributed by atoms with E-state index in [4.69, 9.17) is 10.5 Å². The normalized spacial score (nSPS) is 24.7. The van der Waals surface area contributed by atoms with E-state index < -0.39 is 0 Å². The summed E-state index contributed by atoms with van der Waals surface area (Å²) in [6, 6.07) is 0. The van der Waals surface area contributed by atoms with Gasteiger partial charge < -0.3 is 10.5 Å². The molecule has 0 spiro atoms. The molecular weight excluding hydrogens is 240 g/mol. The summed E-state index contributed by atoms with van der Waals surface area (Å²) in [5.74, 6) is 2.55. The van der Waals surface area contributed by atoms with Gasteiger partial charge in [0, 0.05) is 18.9 Å². The van der Waals surface area contributed by atoms with E-state index >= 15 is 0 Å². The van der Waals surface area contributed by atoms with E-state index in [-0.39, 0.29) is 6.10 Å². The van der Waals surface area contributed by atoms with Gasteiger partial charge in [-0.1, -0.05) is 19.3 Å². The quantitative estimate of drug-likeness (QED) is 0.904. The molecule has 1 aromatic heterocycles. The van der Waals surface area contributed by atoms with Crippen molar-refractivity contribution in [1.29, 1.82) is 0 Å². The van der Waals surface area contributed by atoms with Gasteiger partial charge in [-0.15, -0.1) is 0 Å². The molecule has 2 heterocycles. The van der Waals surface area contributed by atoms with Crippen LogP contribution in [-0.2, 0) is 11.2 Å². The highest BCUT2D eigenvalue weighted by Crippen LogP contribution is 2.30. The van der Waals surface area contributed by atoms with Gasteiger partial charge in [-0.3, -0.25) is 0 Å². The van der Waals surface area contributed by atoms with E-state index in [2.05, 4.69) is 15.0 Å².